The number of aryl methyl sites for hydroxylation is 1. The summed E-state index contributed by atoms with van der Waals surface area (Å²) < 4.78 is 3.83. The van der Waals surface area contributed by atoms with Gasteiger partial charge >= 0.3 is 0 Å². The molecule has 1 fully saturated rings. The summed E-state index contributed by atoms with van der Waals surface area (Å²) in [6.45, 7) is 4.83. The van der Waals surface area contributed by atoms with E-state index < -0.39 is 0 Å². The summed E-state index contributed by atoms with van der Waals surface area (Å²) >= 11 is 0. The maximum atomic E-state index is 12.7. The summed E-state index contributed by atoms with van der Waals surface area (Å²) in [5, 5.41) is 0. The second-order valence-electron chi connectivity index (χ2n) is 6.06. The molecule has 0 aromatic carbocycles. The first-order valence-electron chi connectivity index (χ1n) is 7.91. The zero-order valence-corrected chi connectivity index (χ0v) is 12.9. The average molecular weight is 285 g/mol. The van der Waals surface area contributed by atoms with Crippen LogP contribution in [0.2, 0.25) is 0 Å². The molecular formula is C17H23N3O. The zero-order chi connectivity index (χ0) is 14.8. The molecular weight excluding hydrogens is 262 g/mol. The molecule has 1 aliphatic carbocycles. The van der Waals surface area contributed by atoms with Crippen molar-refractivity contribution in [3.8, 4) is 0 Å². The number of hydrogen-bond donors (Lipinski definition) is 0. The summed E-state index contributed by atoms with van der Waals surface area (Å²) in [7, 11) is 0. The van der Waals surface area contributed by atoms with Crippen molar-refractivity contribution in [3.05, 3.63) is 40.3 Å². The van der Waals surface area contributed by atoms with Crippen molar-refractivity contribution >= 4 is 11.6 Å². The number of allylic oxidation sites excluding steroid dienone is 1. The Hall–Kier alpha value is -1.84. The van der Waals surface area contributed by atoms with E-state index >= 15 is 0 Å². The van der Waals surface area contributed by atoms with E-state index in [0.29, 0.717) is 11.4 Å². The van der Waals surface area contributed by atoms with Crippen molar-refractivity contribution in [1.29, 1.82) is 0 Å². The quantitative estimate of drug-likeness (QED) is 0.867. The molecule has 0 N–H and O–H groups in total. The van der Waals surface area contributed by atoms with Crippen LogP contribution in [-0.4, -0.2) is 14.0 Å². The topological polar surface area (TPSA) is 39.3 Å². The summed E-state index contributed by atoms with van der Waals surface area (Å²) in [6, 6.07) is 0. The van der Waals surface area contributed by atoms with Gasteiger partial charge in [-0.15, -0.1) is 0 Å². The molecule has 0 atom stereocenters. The first-order chi connectivity index (χ1) is 10.2. The molecule has 3 rings (SSSR count). The Morgan fingerprint density at radius 1 is 1.33 bits per heavy atom. The predicted octanol–water partition coefficient (Wildman–Crippen LogP) is 3.42. The van der Waals surface area contributed by atoms with Crippen LogP contribution < -0.4 is 5.56 Å². The van der Waals surface area contributed by atoms with Gasteiger partial charge in [-0.25, -0.2) is 4.98 Å². The molecule has 2 heterocycles. The summed E-state index contributed by atoms with van der Waals surface area (Å²) in [6.07, 6.45) is 14.0. The van der Waals surface area contributed by atoms with Crippen LogP contribution in [0.3, 0.4) is 0 Å². The van der Waals surface area contributed by atoms with E-state index in [1.165, 1.54) is 32.1 Å². The second kappa shape index (κ2) is 5.88. The highest BCUT2D eigenvalue weighted by Crippen LogP contribution is 2.25. The number of aromatic nitrogens is 3. The molecule has 1 aliphatic rings. The van der Waals surface area contributed by atoms with Crippen LogP contribution in [-0.2, 0) is 6.54 Å². The normalized spacial score (nSPS) is 17.0. The lowest BCUT2D eigenvalue weighted by Crippen LogP contribution is -2.28. The van der Waals surface area contributed by atoms with Crippen molar-refractivity contribution in [3.63, 3.8) is 0 Å². The summed E-state index contributed by atoms with van der Waals surface area (Å²) in [5.74, 6) is 1.47. The van der Waals surface area contributed by atoms with E-state index in [9.17, 15) is 4.79 Å². The van der Waals surface area contributed by atoms with Crippen LogP contribution >= 0.6 is 0 Å². The third-order valence-electron chi connectivity index (χ3n) is 4.51. The molecule has 0 unspecified atom stereocenters. The van der Waals surface area contributed by atoms with Gasteiger partial charge in [-0.2, -0.15) is 0 Å². The molecule has 1 saturated carbocycles. The van der Waals surface area contributed by atoms with Gasteiger partial charge in [0.25, 0.3) is 5.56 Å². The minimum Gasteiger partial charge on any atom is -0.309 e. The van der Waals surface area contributed by atoms with Gasteiger partial charge < -0.3 is 4.57 Å². The molecule has 0 spiro atoms. The van der Waals surface area contributed by atoms with Crippen molar-refractivity contribution in [1.82, 2.24) is 14.0 Å². The zero-order valence-electron chi connectivity index (χ0n) is 12.9. The van der Waals surface area contributed by atoms with Crippen LogP contribution in [0.25, 0.3) is 11.6 Å². The van der Waals surface area contributed by atoms with Crippen LogP contribution in [0.15, 0.2) is 23.3 Å². The fraction of sp³-hybridized carbons (Fsp3) is 0.529. The predicted molar refractivity (Wildman–Crippen MR) is 85.5 cm³/mol. The Balaban J connectivity index is 2.01. The Bertz CT molecular complexity index is 717. The lowest BCUT2D eigenvalue weighted by molar-refractivity contribution is 0.314. The van der Waals surface area contributed by atoms with Crippen LogP contribution in [0, 0.1) is 12.8 Å². The molecule has 2 aromatic heterocycles. The van der Waals surface area contributed by atoms with Gasteiger partial charge in [0, 0.05) is 18.4 Å². The van der Waals surface area contributed by atoms with E-state index in [4.69, 9.17) is 0 Å². The molecule has 0 radical (unpaired) electrons. The minimum absolute atomic E-state index is 0.0869. The van der Waals surface area contributed by atoms with E-state index in [-0.39, 0.29) is 5.56 Å². The number of imidazole rings is 1. The molecule has 4 heteroatoms. The number of hydrogen-bond acceptors (Lipinski definition) is 2. The van der Waals surface area contributed by atoms with Gasteiger partial charge in [-0.1, -0.05) is 25.3 Å². The average Bonchev–Trinajstić information content (AvgIpc) is 2.88. The van der Waals surface area contributed by atoms with Crippen molar-refractivity contribution < 1.29 is 0 Å². The molecule has 0 amide bonds. The molecule has 0 bridgehead atoms. The highest BCUT2D eigenvalue weighted by Gasteiger charge is 2.17. The van der Waals surface area contributed by atoms with Crippen molar-refractivity contribution in [2.75, 3.05) is 0 Å². The van der Waals surface area contributed by atoms with Gasteiger partial charge in [0.2, 0.25) is 0 Å². The Morgan fingerprint density at radius 2 is 2.10 bits per heavy atom. The number of nitrogens with zero attached hydrogens (tertiary/aromatic N) is 3. The van der Waals surface area contributed by atoms with E-state index in [1.54, 1.807) is 6.20 Å². The van der Waals surface area contributed by atoms with Gasteiger partial charge in [0.15, 0.2) is 0 Å². The third kappa shape index (κ3) is 2.67. The monoisotopic (exact) mass is 285 g/mol. The minimum atomic E-state index is 0.0869. The largest absolute Gasteiger partial charge is 0.309 e. The lowest BCUT2D eigenvalue weighted by Gasteiger charge is -2.23. The van der Waals surface area contributed by atoms with E-state index in [1.807, 2.05) is 41.2 Å². The molecule has 21 heavy (non-hydrogen) atoms. The van der Waals surface area contributed by atoms with Crippen molar-refractivity contribution in [2.45, 2.75) is 52.5 Å². The van der Waals surface area contributed by atoms with Gasteiger partial charge in [-0.3, -0.25) is 9.20 Å². The molecule has 0 saturated heterocycles. The number of fused-ring (bicyclic) bond motifs is 1. The van der Waals surface area contributed by atoms with E-state index in [0.717, 1.165) is 18.1 Å². The third-order valence-corrected chi connectivity index (χ3v) is 4.51. The fourth-order valence-corrected chi connectivity index (χ4v) is 3.35. The Kier molecular flexibility index (Phi) is 3.95. The first kappa shape index (κ1) is 14.1. The number of rotatable bonds is 3. The van der Waals surface area contributed by atoms with Gasteiger partial charge in [0.1, 0.15) is 11.3 Å². The second-order valence-corrected chi connectivity index (χ2v) is 6.06. The Morgan fingerprint density at radius 3 is 2.81 bits per heavy atom. The molecule has 2 aromatic rings. The first-order valence-corrected chi connectivity index (χ1v) is 7.91. The molecule has 0 aliphatic heterocycles. The van der Waals surface area contributed by atoms with Crippen LogP contribution in [0.1, 0.15) is 50.5 Å². The summed E-state index contributed by atoms with van der Waals surface area (Å²) in [5.41, 5.74) is 1.77. The van der Waals surface area contributed by atoms with Crippen LogP contribution in [0.5, 0.6) is 0 Å². The SMILES string of the molecule is CC=Cc1ncc2c(=O)n(CC3CCCCC3)c(C)cn12. The van der Waals surface area contributed by atoms with Crippen molar-refractivity contribution in [2.24, 2.45) is 5.92 Å². The Labute approximate surface area is 125 Å². The maximum absolute atomic E-state index is 12.7. The maximum Gasteiger partial charge on any atom is 0.276 e. The molecule has 112 valence electrons. The smallest absolute Gasteiger partial charge is 0.276 e. The lowest BCUT2D eigenvalue weighted by atomic mass is 9.89. The van der Waals surface area contributed by atoms with Gasteiger partial charge in [-0.05, 0) is 38.7 Å². The highest BCUT2D eigenvalue weighted by atomic mass is 16.1. The fourth-order valence-electron chi connectivity index (χ4n) is 3.35. The standard InChI is InChI=1S/C17H23N3O/c1-3-7-16-18-10-15-17(21)19(13(2)11-20(15)16)12-14-8-5-4-6-9-14/h3,7,10-11,14H,4-6,8-9,12H2,1-2H3. The highest BCUT2D eigenvalue weighted by molar-refractivity contribution is 5.52. The van der Waals surface area contributed by atoms with Gasteiger partial charge in [0.05, 0.1) is 6.20 Å². The van der Waals surface area contributed by atoms with E-state index in [2.05, 4.69) is 4.98 Å². The molecule has 4 nitrogen and oxygen atoms in total. The van der Waals surface area contributed by atoms with Crippen LogP contribution in [0.4, 0.5) is 0 Å². The summed E-state index contributed by atoms with van der Waals surface area (Å²) in [4.78, 5) is 17.1.